The number of hydrogen-bond acceptors (Lipinski definition) is 5. The van der Waals surface area contributed by atoms with Crippen LogP contribution in [0.2, 0.25) is 0 Å². The molecule has 0 spiro atoms. The van der Waals surface area contributed by atoms with Gasteiger partial charge in [-0.25, -0.2) is 4.79 Å². The number of pyridine rings is 1. The molecule has 0 amide bonds. The molecule has 0 radical (unpaired) electrons. The number of fused-ring (bicyclic) bond motifs is 2. The van der Waals surface area contributed by atoms with E-state index in [1.807, 2.05) is 23.6 Å². The molecule has 1 aliphatic rings. The third kappa shape index (κ3) is 2.12. The van der Waals surface area contributed by atoms with Gasteiger partial charge in [-0.2, -0.15) is 4.57 Å². The Morgan fingerprint density at radius 3 is 2.71 bits per heavy atom. The highest BCUT2D eigenvalue weighted by atomic mass is 16.7. The molecule has 1 aliphatic heterocycles. The summed E-state index contributed by atoms with van der Waals surface area (Å²) in [5.74, 6) is 0.905. The van der Waals surface area contributed by atoms with E-state index in [0.29, 0.717) is 35.9 Å². The van der Waals surface area contributed by atoms with Gasteiger partial charge >= 0.3 is 5.97 Å². The highest BCUT2D eigenvalue weighted by Gasteiger charge is 2.25. The Labute approximate surface area is 122 Å². The van der Waals surface area contributed by atoms with E-state index < -0.39 is 5.97 Å². The van der Waals surface area contributed by atoms with Gasteiger partial charge in [-0.15, -0.1) is 0 Å². The maximum Gasteiger partial charge on any atom is 0.346 e. The molecule has 21 heavy (non-hydrogen) atoms. The number of hydrogen-bond donors (Lipinski definition) is 1. The number of esters is 1. The zero-order chi connectivity index (χ0) is 15.0. The van der Waals surface area contributed by atoms with Crippen molar-refractivity contribution in [3.05, 3.63) is 23.9 Å². The number of nitrogens with two attached hydrogens (primary N) is 1. The fourth-order valence-electron chi connectivity index (χ4n) is 2.46. The van der Waals surface area contributed by atoms with Crippen molar-refractivity contribution in [2.75, 3.05) is 19.1 Å². The minimum absolute atomic E-state index is 0.197. The van der Waals surface area contributed by atoms with Crippen molar-refractivity contribution in [2.45, 2.75) is 20.4 Å². The largest absolute Gasteiger partial charge is 0.462 e. The summed E-state index contributed by atoms with van der Waals surface area (Å²) in [5, 5.41) is 0.756. The third-order valence-electron chi connectivity index (χ3n) is 3.50. The standard InChI is InChI=1S/C15H16N2O4/c1-3-17-7-10(15(18)19-4-2)14(16)9-5-12-13(6-11(9)17)21-8-20-12/h5-7,16H,3-4,8H2,1-2H3/p+1. The van der Waals surface area contributed by atoms with Gasteiger partial charge in [0.05, 0.1) is 23.7 Å². The normalized spacial score (nSPS) is 12.7. The molecular formula is C15H17N2O4+. The average molecular weight is 289 g/mol. The maximum absolute atomic E-state index is 12.0. The molecule has 2 N–H and O–H groups in total. The van der Waals surface area contributed by atoms with Crippen molar-refractivity contribution in [1.82, 2.24) is 0 Å². The molecule has 0 saturated carbocycles. The number of rotatable bonds is 3. The number of nitrogen functional groups attached to an aromatic ring is 1. The maximum atomic E-state index is 12.0. The highest BCUT2D eigenvalue weighted by Crippen LogP contribution is 2.37. The zero-order valence-corrected chi connectivity index (χ0v) is 12.0. The van der Waals surface area contributed by atoms with Gasteiger partial charge in [0.25, 0.3) is 0 Å². The summed E-state index contributed by atoms with van der Waals surface area (Å²) >= 11 is 0. The van der Waals surface area contributed by atoms with Gasteiger partial charge < -0.3 is 19.9 Å². The second-order valence-electron chi connectivity index (χ2n) is 4.69. The van der Waals surface area contributed by atoms with Crippen LogP contribution in [-0.4, -0.2) is 19.4 Å². The molecule has 0 bridgehead atoms. The van der Waals surface area contributed by atoms with Crippen LogP contribution in [0, 0.1) is 0 Å². The summed E-state index contributed by atoms with van der Waals surface area (Å²) in [6.45, 7) is 4.96. The molecule has 0 fully saturated rings. The van der Waals surface area contributed by atoms with Gasteiger partial charge in [-0.05, 0) is 13.8 Å². The average Bonchev–Trinajstić information content (AvgIpc) is 2.93. The number of ether oxygens (including phenoxy) is 3. The van der Waals surface area contributed by atoms with Crippen molar-refractivity contribution in [3.8, 4) is 11.5 Å². The first-order valence-corrected chi connectivity index (χ1v) is 6.88. The van der Waals surface area contributed by atoms with Gasteiger partial charge in [0, 0.05) is 6.07 Å². The lowest BCUT2D eigenvalue weighted by molar-refractivity contribution is -0.667. The molecule has 0 unspecified atom stereocenters. The van der Waals surface area contributed by atoms with Crippen LogP contribution >= 0.6 is 0 Å². The molecule has 2 aromatic rings. The topological polar surface area (TPSA) is 74.7 Å². The van der Waals surface area contributed by atoms with Crippen LogP contribution in [0.1, 0.15) is 24.2 Å². The van der Waals surface area contributed by atoms with E-state index in [9.17, 15) is 4.79 Å². The summed E-state index contributed by atoms with van der Waals surface area (Å²) in [6.07, 6.45) is 1.72. The van der Waals surface area contributed by atoms with Gasteiger partial charge in [0.1, 0.15) is 12.1 Å². The Kier molecular flexibility index (Phi) is 3.29. The van der Waals surface area contributed by atoms with Gasteiger partial charge in [0.2, 0.25) is 12.3 Å². The zero-order valence-electron chi connectivity index (χ0n) is 12.0. The monoisotopic (exact) mass is 289 g/mol. The van der Waals surface area contributed by atoms with Crippen LogP contribution in [0.5, 0.6) is 11.5 Å². The molecule has 3 rings (SSSR count). The summed E-state index contributed by atoms with van der Waals surface area (Å²) in [5.41, 5.74) is 7.81. The van der Waals surface area contributed by atoms with Crippen LogP contribution in [0.25, 0.3) is 10.9 Å². The van der Waals surface area contributed by atoms with Crippen LogP contribution in [0.15, 0.2) is 18.3 Å². The van der Waals surface area contributed by atoms with Crippen molar-refractivity contribution in [1.29, 1.82) is 0 Å². The van der Waals surface area contributed by atoms with Crippen molar-refractivity contribution in [3.63, 3.8) is 0 Å². The Morgan fingerprint density at radius 1 is 1.33 bits per heavy atom. The summed E-state index contributed by atoms with van der Waals surface area (Å²) < 4.78 is 17.8. The lowest BCUT2D eigenvalue weighted by Crippen LogP contribution is -2.35. The fraction of sp³-hybridized carbons (Fsp3) is 0.333. The Hall–Kier alpha value is -2.50. The molecule has 0 saturated heterocycles. The van der Waals surface area contributed by atoms with Crippen LogP contribution in [-0.2, 0) is 11.3 Å². The summed E-state index contributed by atoms with van der Waals surface area (Å²) in [4.78, 5) is 12.0. The molecule has 6 heteroatoms. The second-order valence-corrected chi connectivity index (χ2v) is 4.69. The molecule has 1 aromatic carbocycles. The predicted octanol–water partition coefficient (Wildman–Crippen LogP) is 1.63. The molecule has 1 aromatic heterocycles. The fourth-order valence-corrected chi connectivity index (χ4v) is 2.46. The number of aryl methyl sites for hydroxylation is 1. The molecule has 6 nitrogen and oxygen atoms in total. The Morgan fingerprint density at radius 2 is 2.05 bits per heavy atom. The molecule has 110 valence electrons. The van der Waals surface area contributed by atoms with Gasteiger partial charge in [0.15, 0.2) is 17.7 Å². The number of carbonyl (C=O) groups excluding carboxylic acids is 1. The SMILES string of the molecule is CCOC(=O)c1c[n+](CC)c2cc3c(cc2c1N)OCO3. The number of nitrogens with zero attached hydrogens (tertiary/aromatic N) is 1. The minimum Gasteiger partial charge on any atom is -0.462 e. The highest BCUT2D eigenvalue weighted by molar-refractivity contribution is 6.03. The first kappa shape index (κ1) is 13.5. The van der Waals surface area contributed by atoms with Crippen LogP contribution in [0.4, 0.5) is 5.69 Å². The van der Waals surface area contributed by atoms with E-state index in [1.165, 1.54) is 0 Å². The summed E-state index contributed by atoms with van der Waals surface area (Å²) in [6, 6.07) is 3.69. The van der Waals surface area contributed by atoms with Crippen molar-refractivity contribution < 1.29 is 23.6 Å². The lowest BCUT2D eigenvalue weighted by Gasteiger charge is -2.09. The first-order valence-electron chi connectivity index (χ1n) is 6.88. The minimum atomic E-state index is -0.420. The molecule has 2 heterocycles. The van der Waals surface area contributed by atoms with Crippen LogP contribution < -0.4 is 19.8 Å². The van der Waals surface area contributed by atoms with E-state index in [-0.39, 0.29) is 6.79 Å². The Balaban J connectivity index is 2.26. The number of anilines is 1. The second kappa shape index (κ2) is 5.12. The number of aromatic nitrogens is 1. The van der Waals surface area contributed by atoms with E-state index in [0.717, 1.165) is 10.9 Å². The molecule has 0 aliphatic carbocycles. The molecular weight excluding hydrogens is 272 g/mol. The predicted molar refractivity (Wildman–Crippen MR) is 76.3 cm³/mol. The summed E-state index contributed by atoms with van der Waals surface area (Å²) in [7, 11) is 0. The lowest BCUT2D eigenvalue weighted by atomic mass is 10.1. The third-order valence-corrected chi connectivity index (χ3v) is 3.50. The van der Waals surface area contributed by atoms with Crippen molar-refractivity contribution in [2.24, 2.45) is 0 Å². The number of carbonyl (C=O) groups is 1. The number of benzene rings is 1. The van der Waals surface area contributed by atoms with E-state index in [1.54, 1.807) is 13.1 Å². The van der Waals surface area contributed by atoms with E-state index in [2.05, 4.69) is 0 Å². The first-order chi connectivity index (χ1) is 10.2. The quantitative estimate of drug-likeness (QED) is 0.686. The van der Waals surface area contributed by atoms with Crippen molar-refractivity contribution >= 4 is 22.6 Å². The van der Waals surface area contributed by atoms with Gasteiger partial charge in [-0.1, -0.05) is 0 Å². The Bertz CT molecular complexity index is 727. The van der Waals surface area contributed by atoms with E-state index >= 15 is 0 Å². The van der Waals surface area contributed by atoms with Crippen LogP contribution in [0.3, 0.4) is 0 Å². The van der Waals surface area contributed by atoms with E-state index in [4.69, 9.17) is 19.9 Å². The molecule has 0 atom stereocenters. The van der Waals surface area contributed by atoms with Gasteiger partial charge in [-0.3, -0.25) is 0 Å². The smallest absolute Gasteiger partial charge is 0.346 e.